The van der Waals surface area contributed by atoms with E-state index in [1.54, 1.807) is 0 Å². The maximum atomic E-state index is 11.9. The van der Waals surface area contributed by atoms with E-state index in [0.717, 1.165) is 28.0 Å². The molecule has 2 N–H and O–H groups in total. The summed E-state index contributed by atoms with van der Waals surface area (Å²) in [6.45, 7) is 6.65. The maximum Gasteiger partial charge on any atom is 0.407 e. The zero-order chi connectivity index (χ0) is 19.6. The zero-order valence-corrected chi connectivity index (χ0v) is 16.0. The molecule has 0 spiro atoms. The Morgan fingerprint density at radius 1 is 0.889 bits per heavy atom. The summed E-state index contributed by atoms with van der Waals surface area (Å²) in [6.07, 6.45) is -0.518. The fraction of sp³-hybridized carbons (Fsp3) is 0.333. The molecule has 144 valence electrons. The van der Waals surface area contributed by atoms with Crippen molar-refractivity contribution >= 4 is 12.0 Å². The molecule has 0 saturated carbocycles. The van der Waals surface area contributed by atoms with Crippen LogP contribution in [-0.4, -0.2) is 31.7 Å². The molecule has 0 aromatic heterocycles. The Labute approximate surface area is 159 Å². The number of carbonyl (C=O) groups is 2. The first-order chi connectivity index (χ1) is 13.0. The van der Waals surface area contributed by atoms with Gasteiger partial charge in [0.2, 0.25) is 0 Å². The van der Waals surface area contributed by atoms with Gasteiger partial charge in [0.15, 0.2) is 6.61 Å². The van der Waals surface area contributed by atoms with E-state index in [0.29, 0.717) is 6.54 Å². The van der Waals surface area contributed by atoms with Crippen molar-refractivity contribution < 1.29 is 19.1 Å². The van der Waals surface area contributed by atoms with Crippen LogP contribution in [0.25, 0.3) is 0 Å². The first-order valence-corrected chi connectivity index (χ1v) is 8.88. The van der Waals surface area contributed by atoms with Crippen molar-refractivity contribution in [1.29, 1.82) is 0 Å². The summed E-state index contributed by atoms with van der Waals surface area (Å²) >= 11 is 0. The lowest BCUT2D eigenvalue weighted by molar-refractivity contribution is -0.123. The van der Waals surface area contributed by atoms with E-state index >= 15 is 0 Å². The second kappa shape index (κ2) is 10.2. The van der Waals surface area contributed by atoms with Gasteiger partial charge in [-0.25, -0.2) is 4.79 Å². The molecule has 0 radical (unpaired) electrons. The number of alkyl carbamates (subject to hydrolysis) is 1. The number of ether oxygens (including phenoxy) is 2. The second-order valence-corrected chi connectivity index (χ2v) is 6.28. The SMILES string of the molecule is Cc1ccc(C)c(OCC(=O)NCCNC(=O)OCc2ccccc2)c1C. The molecular weight excluding hydrogens is 344 g/mol. The Bertz CT molecular complexity index is 775. The highest BCUT2D eigenvalue weighted by atomic mass is 16.5. The van der Waals surface area contributed by atoms with Gasteiger partial charge in [0.25, 0.3) is 5.91 Å². The quantitative estimate of drug-likeness (QED) is 0.700. The molecule has 6 heteroatoms. The number of rotatable bonds is 8. The van der Waals surface area contributed by atoms with Gasteiger partial charge in [-0.1, -0.05) is 42.5 Å². The van der Waals surface area contributed by atoms with Crippen LogP contribution in [0.2, 0.25) is 0 Å². The Morgan fingerprint density at radius 2 is 1.56 bits per heavy atom. The van der Waals surface area contributed by atoms with E-state index < -0.39 is 6.09 Å². The lowest BCUT2D eigenvalue weighted by Gasteiger charge is -2.14. The van der Waals surface area contributed by atoms with Gasteiger partial charge in [-0.3, -0.25) is 4.79 Å². The summed E-state index contributed by atoms with van der Waals surface area (Å²) < 4.78 is 10.7. The van der Waals surface area contributed by atoms with Gasteiger partial charge >= 0.3 is 6.09 Å². The predicted octanol–water partition coefficient (Wildman–Crippen LogP) is 3.03. The molecule has 0 unspecified atom stereocenters. The summed E-state index contributed by atoms with van der Waals surface area (Å²) in [5.74, 6) is 0.502. The fourth-order valence-electron chi connectivity index (χ4n) is 2.48. The third-order valence-corrected chi connectivity index (χ3v) is 4.15. The Balaban J connectivity index is 1.62. The van der Waals surface area contributed by atoms with Crippen LogP contribution in [0.3, 0.4) is 0 Å². The van der Waals surface area contributed by atoms with Crippen molar-refractivity contribution in [3.63, 3.8) is 0 Å². The van der Waals surface area contributed by atoms with Crippen LogP contribution < -0.4 is 15.4 Å². The Morgan fingerprint density at radius 3 is 2.30 bits per heavy atom. The van der Waals surface area contributed by atoms with Crippen LogP contribution in [-0.2, 0) is 16.1 Å². The molecule has 0 aliphatic carbocycles. The van der Waals surface area contributed by atoms with Crippen LogP contribution in [0, 0.1) is 20.8 Å². The number of nitrogens with one attached hydrogen (secondary N) is 2. The molecule has 0 saturated heterocycles. The van der Waals surface area contributed by atoms with Crippen molar-refractivity contribution in [3.05, 3.63) is 64.7 Å². The molecule has 0 heterocycles. The van der Waals surface area contributed by atoms with E-state index in [1.165, 1.54) is 0 Å². The summed E-state index contributed by atoms with van der Waals surface area (Å²) in [4.78, 5) is 23.5. The highest BCUT2D eigenvalue weighted by molar-refractivity contribution is 5.77. The summed E-state index contributed by atoms with van der Waals surface area (Å²) in [6, 6.07) is 13.4. The molecule has 2 rings (SSSR count). The van der Waals surface area contributed by atoms with Gasteiger partial charge < -0.3 is 20.1 Å². The first-order valence-electron chi connectivity index (χ1n) is 8.88. The number of hydrogen-bond acceptors (Lipinski definition) is 4. The van der Waals surface area contributed by atoms with E-state index in [1.807, 2.05) is 63.2 Å². The number of carbonyl (C=O) groups excluding carboxylic acids is 2. The fourth-order valence-corrected chi connectivity index (χ4v) is 2.48. The average molecular weight is 370 g/mol. The minimum atomic E-state index is -0.518. The molecule has 0 atom stereocenters. The largest absolute Gasteiger partial charge is 0.483 e. The molecule has 2 amide bonds. The minimum Gasteiger partial charge on any atom is -0.483 e. The first kappa shape index (κ1) is 20.3. The third kappa shape index (κ3) is 6.66. The average Bonchev–Trinajstić information content (AvgIpc) is 2.67. The van der Waals surface area contributed by atoms with Crippen LogP contribution >= 0.6 is 0 Å². The molecule has 6 nitrogen and oxygen atoms in total. The van der Waals surface area contributed by atoms with E-state index in [2.05, 4.69) is 10.6 Å². The van der Waals surface area contributed by atoms with Gasteiger partial charge in [0, 0.05) is 13.1 Å². The summed E-state index contributed by atoms with van der Waals surface area (Å²) in [5.41, 5.74) is 4.06. The Kier molecular flexibility index (Phi) is 7.67. The van der Waals surface area contributed by atoms with Gasteiger partial charge in [-0.05, 0) is 43.0 Å². The van der Waals surface area contributed by atoms with Gasteiger partial charge in [-0.15, -0.1) is 0 Å². The van der Waals surface area contributed by atoms with E-state index in [9.17, 15) is 9.59 Å². The number of benzene rings is 2. The molecule has 0 fully saturated rings. The molecule has 0 aliphatic heterocycles. The van der Waals surface area contributed by atoms with Crippen LogP contribution in [0.15, 0.2) is 42.5 Å². The van der Waals surface area contributed by atoms with Crippen molar-refractivity contribution in [2.24, 2.45) is 0 Å². The molecule has 27 heavy (non-hydrogen) atoms. The minimum absolute atomic E-state index is 0.0659. The van der Waals surface area contributed by atoms with Crippen LogP contribution in [0.4, 0.5) is 4.79 Å². The van der Waals surface area contributed by atoms with Crippen molar-refractivity contribution in [2.75, 3.05) is 19.7 Å². The van der Waals surface area contributed by atoms with Crippen LogP contribution in [0.1, 0.15) is 22.3 Å². The second-order valence-electron chi connectivity index (χ2n) is 6.28. The lowest BCUT2D eigenvalue weighted by Crippen LogP contribution is -2.37. The monoisotopic (exact) mass is 370 g/mol. The van der Waals surface area contributed by atoms with Gasteiger partial charge in [-0.2, -0.15) is 0 Å². The Hall–Kier alpha value is -3.02. The molecule has 2 aromatic carbocycles. The predicted molar refractivity (Wildman–Crippen MR) is 104 cm³/mol. The third-order valence-electron chi connectivity index (χ3n) is 4.15. The highest BCUT2D eigenvalue weighted by Gasteiger charge is 2.09. The maximum absolute atomic E-state index is 11.9. The topological polar surface area (TPSA) is 76.7 Å². The molecule has 0 bridgehead atoms. The summed E-state index contributed by atoms with van der Waals surface area (Å²) in [7, 11) is 0. The van der Waals surface area contributed by atoms with E-state index in [4.69, 9.17) is 9.47 Å². The lowest BCUT2D eigenvalue weighted by atomic mass is 10.1. The molecular formula is C21H26N2O4. The summed E-state index contributed by atoms with van der Waals surface area (Å²) in [5, 5.41) is 5.29. The van der Waals surface area contributed by atoms with Crippen molar-refractivity contribution in [1.82, 2.24) is 10.6 Å². The van der Waals surface area contributed by atoms with Gasteiger partial charge in [0.1, 0.15) is 12.4 Å². The normalized spacial score (nSPS) is 10.2. The van der Waals surface area contributed by atoms with Crippen molar-refractivity contribution in [2.45, 2.75) is 27.4 Å². The standard InChI is InChI=1S/C21H26N2O4/c1-15-9-10-16(2)20(17(15)3)26-14-19(24)22-11-12-23-21(25)27-13-18-7-5-4-6-8-18/h4-10H,11-14H2,1-3H3,(H,22,24)(H,23,25). The number of aryl methyl sites for hydroxylation is 2. The van der Waals surface area contributed by atoms with Crippen LogP contribution in [0.5, 0.6) is 5.75 Å². The van der Waals surface area contributed by atoms with E-state index in [-0.39, 0.29) is 25.7 Å². The molecule has 2 aromatic rings. The highest BCUT2D eigenvalue weighted by Crippen LogP contribution is 2.25. The van der Waals surface area contributed by atoms with Gasteiger partial charge in [0.05, 0.1) is 0 Å². The smallest absolute Gasteiger partial charge is 0.407 e. The number of hydrogen-bond donors (Lipinski definition) is 2. The molecule has 0 aliphatic rings. The zero-order valence-electron chi connectivity index (χ0n) is 16.0. The van der Waals surface area contributed by atoms with Crippen molar-refractivity contribution in [3.8, 4) is 5.75 Å². The number of amides is 2.